The average molecular weight is 436 g/mol. The average Bonchev–Trinajstić information content (AvgIpc) is 3.07. The number of anilines is 1. The summed E-state index contributed by atoms with van der Waals surface area (Å²) < 4.78 is 0. The number of hydrogen-bond acceptors (Lipinski definition) is 4. The minimum absolute atomic E-state index is 0.0178. The summed E-state index contributed by atoms with van der Waals surface area (Å²) in [6, 6.07) is 16.5. The number of benzene rings is 2. The van der Waals surface area contributed by atoms with Crippen LogP contribution in [-0.4, -0.2) is 33.4 Å². The Morgan fingerprint density at radius 1 is 1.13 bits per heavy atom. The van der Waals surface area contributed by atoms with Gasteiger partial charge in [0.15, 0.2) is 11.0 Å². The standard InChI is InChI=1S/C25H29N3O2S/c1-3-19-12-10-11-18(2)22(19)26-23-25(15-8-5-9-16-25)28(20-13-6-4-7-14-20)24(27-23)31-17-21(29)30/h4,6-7,10-14H,3,5,8-9,15-17H2,1-2H3,(H,29,30). The van der Waals surface area contributed by atoms with E-state index in [9.17, 15) is 9.90 Å². The molecule has 0 aromatic heterocycles. The van der Waals surface area contributed by atoms with Crippen molar-refractivity contribution in [2.24, 2.45) is 9.98 Å². The molecule has 2 aromatic rings. The molecule has 1 spiro atoms. The predicted molar refractivity (Wildman–Crippen MR) is 130 cm³/mol. The van der Waals surface area contributed by atoms with Crippen molar-refractivity contribution in [1.82, 2.24) is 0 Å². The first-order valence-electron chi connectivity index (χ1n) is 11.0. The van der Waals surface area contributed by atoms with Crippen LogP contribution in [0.15, 0.2) is 58.5 Å². The molecule has 0 atom stereocenters. The van der Waals surface area contributed by atoms with E-state index in [0.29, 0.717) is 0 Å². The van der Waals surface area contributed by atoms with Crippen LogP contribution < -0.4 is 4.90 Å². The minimum Gasteiger partial charge on any atom is -0.481 e. The highest BCUT2D eigenvalue weighted by atomic mass is 32.2. The van der Waals surface area contributed by atoms with Gasteiger partial charge in [0, 0.05) is 5.69 Å². The third kappa shape index (κ3) is 4.26. The van der Waals surface area contributed by atoms with Crippen LogP contribution in [0.1, 0.15) is 50.2 Å². The fourth-order valence-corrected chi connectivity index (χ4v) is 5.48. The Bertz CT molecular complexity index is 1010. The van der Waals surface area contributed by atoms with Gasteiger partial charge in [-0.2, -0.15) is 0 Å². The lowest BCUT2D eigenvalue weighted by atomic mass is 9.79. The van der Waals surface area contributed by atoms with Crippen LogP contribution in [0, 0.1) is 6.92 Å². The van der Waals surface area contributed by atoms with Crippen molar-refractivity contribution >= 4 is 40.1 Å². The van der Waals surface area contributed by atoms with Gasteiger partial charge < -0.3 is 10.0 Å². The van der Waals surface area contributed by atoms with Gasteiger partial charge in [-0.15, -0.1) is 0 Å². The zero-order valence-electron chi connectivity index (χ0n) is 18.2. The van der Waals surface area contributed by atoms with Crippen molar-refractivity contribution < 1.29 is 9.90 Å². The van der Waals surface area contributed by atoms with Crippen molar-refractivity contribution in [2.45, 2.75) is 57.9 Å². The number of rotatable bonds is 5. The normalized spacial score (nSPS) is 19.1. The molecule has 2 aromatic carbocycles. The molecule has 1 aliphatic heterocycles. The van der Waals surface area contributed by atoms with Crippen LogP contribution in [0.4, 0.5) is 11.4 Å². The minimum atomic E-state index is -0.837. The van der Waals surface area contributed by atoms with E-state index in [-0.39, 0.29) is 11.3 Å². The number of carbonyl (C=O) groups is 1. The van der Waals surface area contributed by atoms with E-state index in [0.717, 1.165) is 60.0 Å². The molecule has 0 saturated heterocycles. The number of aliphatic imine (C=N–C) groups is 2. The first-order valence-corrected chi connectivity index (χ1v) is 12.0. The van der Waals surface area contributed by atoms with Crippen molar-refractivity contribution in [3.05, 3.63) is 59.7 Å². The Hall–Kier alpha value is -2.60. The summed E-state index contributed by atoms with van der Waals surface area (Å²) >= 11 is 1.29. The molecule has 0 unspecified atom stereocenters. The van der Waals surface area contributed by atoms with Gasteiger partial charge in [-0.1, -0.05) is 74.3 Å². The molecule has 31 heavy (non-hydrogen) atoms. The largest absolute Gasteiger partial charge is 0.481 e. The Balaban J connectivity index is 1.87. The van der Waals surface area contributed by atoms with Crippen LogP contribution in [0.2, 0.25) is 0 Å². The molecule has 4 rings (SSSR count). The summed E-state index contributed by atoms with van der Waals surface area (Å²) in [7, 11) is 0. The molecule has 1 aliphatic carbocycles. The number of hydrogen-bond donors (Lipinski definition) is 1. The van der Waals surface area contributed by atoms with Gasteiger partial charge in [-0.05, 0) is 49.4 Å². The first kappa shape index (κ1) is 21.6. The molecular weight excluding hydrogens is 406 g/mol. The topological polar surface area (TPSA) is 65.3 Å². The van der Waals surface area contributed by atoms with Crippen molar-refractivity contribution in [3.63, 3.8) is 0 Å². The molecule has 2 aliphatic rings. The van der Waals surface area contributed by atoms with E-state index in [2.05, 4.69) is 49.1 Å². The Morgan fingerprint density at radius 2 is 1.87 bits per heavy atom. The summed E-state index contributed by atoms with van der Waals surface area (Å²) in [5, 5.41) is 10.1. The number of aryl methyl sites for hydroxylation is 2. The SMILES string of the molecule is CCc1cccc(C)c1N=C1N=C(SCC(=O)O)N(c2ccccc2)C12CCCCC2. The third-order valence-electron chi connectivity index (χ3n) is 6.18. The van der Waals surface area contributed by atoms with Crippen LogP contribution in [0.5, 0.6) is 0 Å². The molecule has 1 fully saturated rings. The zero-order valence-corrected chi connectivity index (χ0v) is 19.0. The number of amidine groups is 2. The van der Waals surface area contributed by atoms with Gasteiger partial charge >= 0.3 is 5.97 Å². The zero-order chi connectivity index (χ0) is 21.8. The molecule has 6 heteroatoms. The highest BCUT2D eigenvalue weighted by Crippen LogP contribution is 2.45. The number of para-hydroxylation sites is 2. The second-order valence-electron chi connectivity index (χ2n) is 8.21. The van der Waals surface area contributed by atoms with Gasteiger partial charge in [0.05, 0.1) is 11.4 Å². The van der Waals surface area contributed by atoms with Gasteiger partial charge in [0.1, 0.15) is 5.54 Å². The lowest BCUT2D eigenvalue weighted by molar-refractivity contribution is -0.133. The van der Waals surface area contributed by atoms with E-state index < -0.39 is 5.97 Å². The highest BCUT2D eigenvalue weighted by Gasteiger charge is 2.49. The van der Waals surface area contributed by atoms with E-state index in [1.54, 1.807) is 0 Å². The third-order valence-corrected chi connectivity index (χ3v) is 7.10. The molecule has 0 radical (unpaired) electrons. The van der Waals surface area contributed by atoms with Crippen molar-refractivity contribution in [3.8, 4) is 0 Å². The summed E-state index contributed by atoms with van der Waals surface area (Å²) in [6.45, 7) is 4.25. The number of carboxylic acid groups (broad SMARTS) is 1. The quantitative estimate of drug-likeness (QED) is 0.627. The highest BCUT2D eigenvalue weighted by molar-refractivity contribution is 8.14. The molecule has 0 bridgehead atoms. The van der Waals surface area contributed by atoms with E-state index in [1.807, 2.05) is 18.2 Å². The van der Waals surface area contributed by atoms with Crippen LogP contribution in [0.25, 0.3) is 0 Å². The van der Waals surface area contributed by atoms with Gasteiger partial charge in [0.25, 0.3) is 0 Å². The number of nitrogens with zero attached hydrogens (tertiary/aromatic N) is 3. The second-order valence-corrected chi connectivity index (χ2v) is 9.15. The predicted octanol–water partition coefficient (Wildman–Crippen LogP) is 5.98. The Morgan fingerprint density at radius 3 is 2.55 bits per heavy atom. The first-order chi connectivity index (χ1) is 15.0. The van der Waals surface area contributed by atoms with Crippen molar-refractivity contribution in [2.75, 3.05) is 10.7 Å². The molecule has 162 valence electrons. The van der Waals surface area contributed by atoms with E-state index in [4.69, 9.17) is 9.98 Å². The molecule has 5 nitrogen and oxygen atoms in total. The monoisotopic (exact) mass is 435 g/mol. The molecule has 1 N–H and O–H groups in total. The van der Waals surface area contributed by atoms with Crippen LogP contribution in [0.3, 0.4) is 0 Å². The summed E-state index contributed by atoms with van der Waals surface area (Å²) in [6.07, 6.45) is 6.28. The van der Waals surface area contributed by atoms with E-state index in [1.165, 1.54) is 23.7 Å². The summed E-state index contributed by atoms with van der Waals surface area (Å²) in [4.78, 5) is 23.8. The second kappa shape index (κ2) is 9.27. The molecule has 0 amide bonds. The molecular formula is C25H29N3O2S. The van der Waals surface area contributed by atoms with E-state index >= 15 is 0 Å². The smallest absolute Gasteiger partial charge is 0.313 e. The maximum Gasteiger partial charge on any atom is 0.313 e. The Labute approximate surface area is 188 Å². The molecule has 1 saturated carbocycles. The van der Waals surface area contributed by atoms with Crippen molar-refractivity contribution in [1.29, 1.82) is 0 Å². The van der Waals surface area contributed by atoms with Gasteiger partial charge in [0.2, 0.25) is 0 Å². The fraction of sp³-hybridized carbons (Fsp3) is 0.400. The number of thioether (sulfide) groups is 1. The summed E-state index contributed by atoms with van der Waals surface area (Å²) in [5.74, 6) is -0.0280. The summed E-state index contributed by atoms with van der Waals surface area (Å²) in [5.41, 5.74) is 4.09. The lowest BCUT2D eigenvalue weighted by Gasteiger charge is -2.42. The maximum absolute atomic E-state index is 11.3. The maximum atomic E-state index is 11.3. The Kier molecular flexibility index (Phi) is 6.46. The van der Waals surface area contributed by atoms with Crippen LogP contribution in [-0.2, 0) is 11.2 Å². The van der Waals surface area contributed by atoms with Gasteiger partial charge in [-0.3, -0.25) is 4.79 Å². The van der Waals surface area contributed by atoms with Crippen LogP contribution >= 0.6 is 11.8 Å². The lowest BCUT2D eigenvalue weighted by Crippen LogP contribution is -2.52. The van der Waals surface area contributed by atoms with Gasteiger partial charge in [-0.25, -0.2) is 9.98 Å². The number of carboxylic acids is 1. The molecule has 1 heterocycles. The fourth-order valence-electron chi connectivity index (χ4n) is 4.67. The number of aliphatic carboxylic acids is 1.